The Hall–Kier alpha value is -2.47. The number of thiophene rings is 1. The number of rotatable bonds is 4. The minimum atomic E-state index is 0.0516. The standard InChI is InChI=1S/C18H19N5S/c1-10(2)15(17-21-13-6-4-5-7-14(13)22-17)23-16-12-8-11(3)24-18(12)20-9-19-16/h4-10,15H,1-3H3,(H,21,22)(H,19,20,23)/t15-/m0/s1. The minimum absolute atomic E-state index is 0.0516. The highest BCUT2D eigenvalue weighted by molar-refractivity contribution is 7.18. The number of hydrogen-bond acceptors (Lipinski definition) is 5. The van der Waals surface area contributed by atoms with Crippen molar-refractivity contribution >= 4 is 38.4 Å². The first kappa shape index (κ1) is 15.1. The number of hydrogen-bond donors (Lipinski definition) is 2. The lowest BCUT2D eigenvalue weighted by Gasteiger charge is -2.21. The maximum Gasteiger partial charge on any atom is 0.138 e. The molecule has 4 rings (SSSR count). The second-order valence-corrected chi connectivity index (χ2v) is 7.54. The van der Waals surface area contributed by atoms with Crippen LogP contribution < -0.4 is 5.32 Å². The van der Waals surface area contributed by atoms with E-state index < -0.39 is 0 Å². The van der Waals surface area contributed by atoms with Gasteiger partial charge in [-0.2, -0.15) is 0 Å². The summed E-state index contributed by atoms with van der Waals surface area (Å²) in [5, 5.41) is 4.64. The first-order valence-corrected chi connectivity index (χ1v) is 8.86. The van der Waals surface area contributed by atoms with E-state index in [1.54, 1.807) is 17.7 Å². The lowest BCUT2D eigenvalue weighted by molar-refractivity contribution is 0.525. The van der Waals surface area contributed by atoms with Crippen molar-refractivity contribution in [3.05, 3.63) is 47.4 Å². The normalized spacial score (nSPS) is 13.0. The fourth-order valence-electron chi connectivity index (χ4n) is 2.91. The molecule has 0 aliphatic carbocycles. The Morgan fingerprint density at radius 1 is 1.17 bits per heavy atom. The van der Waals surface area contributed by atoms with Gasteiger partial charge in [0.25, 0.3) is 0 Å². The van der Waals surface area contributed by atoms with E-state index in [0.717, 1.165) is 32.9 Å². The summed E-state index contributed by atoms with van der Waals surface area (Å²) >= 11 is 1.69. The van der Waals surface area contributed by atoms with Crippen LogP contribution in [0, 0.1) is 12.8 Å². The van der Waals surface area contributed by atoms with Gasteiger partial charge in [0.05, 0.1) is 22.5 Å². The van der Waals surface area contributed by atoms with E-state index in [1.165, 1.54) is 4.88 Å². The summed E-state index contributed by atoms with van der Waals surface area (Å²) in [5.74, 6) is 2.16. The molecule has 0 fully saturated rings. The molecule has 6 heteroatoms. The zero-order valence-electron chi connectivity index (χ0n) is 13.9. The van der Waals surface area contributed by atoms with Gasteiger partial charge in [0.15, 0.2) is 0 Å². The monoisotopic (exact) mass is 337 g/mol. The van der Waals surface area contributed by atoms with Gasteiger partial charge in [-0.3, -0.25) is 0 Å². The van der Waals surface area contributed by atoms with Crippen LogP contribution in [0.1, 0.15) is 30.6 Å². The quantitative estimate of drug-likeness (QED) is 0.567. The molecule has 0 bridgehead atoms. The van der Waals surface area contributed by atoms with Crippen LogP contribution in [-0.2, 0) is 0 Å². The number of fused-ring (bicyclic) bond motifs is 2. The minimum Gasteiger partial charge on any atom is -0.359 e. The Balaban J connectivity index is 1.75. The predicted octanol–water partition coefficient (Wildman–Crippen LogP) is 4.69. The summed E-state index contributed by atoms with van der Waals surface area (Å²) in [7, 11) is 0. The van der Waals surface area contributed by atoms with Crippen molar-refractivity contribution < 1.29 is 0 Å². The van der Waals surface area contributed by atoms with Gasteiger partial charge >= 0.3 is 0 Å². The molecule has 3 aromatic heterocycles. The number of benzene rings is 1. The molecule has 122 valence electrons. The van der Waals surface area contributed by atoms with Crippen LogP contribution in [0.3, 0.4) is 0 Å². The number of H-pyrrole nitrogens is 1. The molecule has 0 unspecified atom stereocenters. The lowest BCUT2D eigenvalue weighted by Crippen LogP contribution is -2.19. The van der Waals surface area contributed by atoms with Crippen LogP contribution in [-0.4, -0.2) is 19.9 Å². The van der Waals surface area contributed by atoms with Crippen molar-refractivity contribution in [1.82, 2.24) is 19.9 Å². The first-order valence-electron chi connectivity index (χ1n) is 8.04. The fourth-order valence-corrected chi connectivity index (χ4v) is 3.76. The van der Waals surface area contributed by atoms with Gasteiger partial charge in [-0.15, -0.1) is 11.3 Å². The largest absolute Gasteiger partial charge is 0.359 e. The van der Waals surface area contributed by atoms with Crippen LogP contribution in [0.25, 0.3) is 21.3 Å². The van der Waals surface area contributed by atoms with E-state index in [9.17, 15) is 0 Å². The number of imidazole rings is 1. The van der Waals surface area contributed by atoms with Crippen LogP contribution in [0.2, 0.25) is 0 Å². The molecule has 1 atom stereocenters. The number of anilines is 1. The summed E-state index contributed by atoms with van der Waals surface area (Å²) in [6.07, 6.45) is 1.62. The smallest absolute Gasteiger partial charge is 0.138 e. The number of aromatic nitrogens is 4. The van der Waals surface area contributed by atoms with E-state index >= 15 is 0 Å². The Morgan fingerprint density at radius 2 is 2.00 bits per heavy atom. The van der Waals surface area contributed by atoms with Crippen LogP contribution >= 0.6 is 11.3 Å². The number of para-hydroxylation sites is 2. The van der Waals surface area contributed by atoms with Gasteiger partial charge in [0, 0.05) is 4.88 Å². The summed E-state index contributed by atoms with van der Waals surface area (Å²) in [5.41, 5.74) is 2.04. The third-order valence-corrected chi connectivity index (χ3v) is 5.07. The molecule has 4 aromatic rings. The molecule has 3 heterocycles. The Labute approximate surface area is 144 Å². The molecule has 0 saturated heterocycles. The molecule has 0 aliphatic rings. The highest BCUT2D eigenvalue weighted by Gasteiger charge is 2.21. The number of nitrogens with one attached hydrogen (secondary N) is 2. The van der Waals surface area contributed by atoms with Gasteiger partial charge in [-0.25, -0.2) is 15.0 Å². The van der Waals surface area contributed by atoms with Crippen molar-refractivity contribution in [2.75, 3.05) is 5.32 Å². The lowest BCUT2D eigenvalue weighted by atomic mass is 10.0. The Bertz CT molecular complexity index is 968. The van der Waals surface area contributed by atoms with Gasteiger partial charge < -0.3 is 10.3 Å². The highest BCUT2D eigenvalue weighted by Crippen LogP contribution is 2.31. The molecule has 0 spiro atoms. The van der Waals surface area contributed by atoms with E-state index in [0.29, 0.717) is 5.92 Å². The number of nitrogens with zero attached hydrogens (tertiary/aromatic N) is 3. The Morgan fingerprint density at radius 3 is 2.79 bits per heavy atom. The second-order valence-electron chi connectivity index (χ2n) is 6.30. The van der Waals surface area contributed by atoms with Crippen molar-refractivity contribution in [3.8, 4) is 0 Å². The van der Waals surface area contributed by atoms with Crippen molar-refractivity contribution in [1.29, 1.82) is 0 Å². The molecule has 0 amide bonds. The van der Waals surface area contributed by atoms with Crippen molar-refractivity contribution in [2.24, 2.45) is 5.92 Å². The SMILES string of the molecule is Cc1cc2c(N[C@H](c3nc4ccccc4[nH]3)C(C)C)ncnc2s1. The van der Waals surface area contributed by atoms with Gasteiger partial charge in [-0.1, -0.05) is 26.0 Å². The third kappa shape index (κ3) is 2.63. The zero-order chi connectivity index (χ0) is 16.7. The molecular formula is C18H19N5S. The van der Waals surface area contributed by atoms with E-state index in [-0.39, 0.29) is 6.04 Å². The molecule has 0 aliphatic heterocycles. The third-order valence-electron chi connectivity index (χ3n) is 4.11. The maximum absolute atomic E-state index is 4.76. The van der Waals surface area contributed by atoms with Crippen LogP contribution in [0.15, 0.2) is 36.7 Å². The molecule has 0 radical (unpaired) electrons. The number of aromatic amines is 1. The molecule has 5 nitrogen and oxygen atoms in total. The van der Waals surface area contributed by atoms with E-state index in [2.05, 4.69) is 47.1 Å². The van der Waals surface area contributed by atoms with E-state index in [4.69, 9.17) is 4.98 Å². The summed E-state index contributed by atoms with van der Waals surface area (Å²) in [6, 6.07) is 10.3. The second kappa shape index (κ2) is 5.87. The van der Waals surface area contributed by atoms with E-state index in [1.807, 2.05) is 24.3 Å². The predicted molar refractivity (Wildman–Crippen MR) is 99.4 cm³/mol. The molecular weight excluding hydrogens is 318 g/mol. The topological polar surface area (TPSA) is 66.5 Å². The van der Waals surface area contributed by atoms with Gasteiger partial charge in [0.2, 0.25) is 0 Å². The summed E-state index contributed by atoms with van der Waals surface area (Å²) < 4.78 is 0. The zero-order valence-corrected chi connectivity index (χ0v) is 14.7. The van der Waals surface area contributed by atoms with Crippen LogP contribution in [0.5, 0.6) is 0 Å². The first-order chi connectivity index (χ1) is 11.6. The highest BCUT2D eigenvalue weighted by atomic mass is 32.1. The number of aryl methyl sites for hydroxylation is 1. The van der Waals surface area contributed by atoms with Gasteiger partial charge in [-0.05, 0) is 31.0 Å². The summed E-state index contributed by atoms with van der Waals surface area (Å²) in [4.78, 5) is 19.3. The molecule has 2 N–H and O–H groups in total. The molecule has 1 aromatic carbocycles. The maximum atomic E-state index is 4.76. The summed E-state index contributed by atoms with van der Waals surface area (Å²) in [6.45, 7) is 6.46. The molecule has 24 heavy (non-hydrogen) atoms. The Kier molecular flexibility index (Phi) is 3.69. The average molecular weight is 337 g/mol. The van der Waals surface area contributed by atoms with Crippen molar-refractivity contribution in [2.45, 2.75) is 26.8 Å². The van der Waals surface area contributed by atoms with Gasteiger partial charge in [0.1, 0.15) is 22.8 Å². The fraction of sp³-hybridized carbons (Fsp3) is 0.278. The molecule has 0 saturated carbocycles. The van der Waals surface area contributed by atoms with Crippen LogP contribution in [0.4, 0.5) is 5.82 Å². The van der Waals surface area contributed by atoms with Crippen molar-refractivity contribution in [3.63, 3.8) is 0 Å². The average Bonchev–Trinajstić information content (AvgIpc) is 3.14.